The molecule has 0 aliphatic carbocycles. The molecule has 74 valence electrons. The van der Waals surface area contributed by atoms with Crippen LogP contribution >= 0.6 is 12.6 Å². The fraction of sp³-hybridized carbons (Fsp3) is 1.00. The van der Waals surface area contributed by atoms with Crippen LogP contribution in [0, 0.1) is 0 Å². The number of hydrogen-bond acceptors (Lipinski definition) is 2. The van der Waals surface area contributed by atoms with E-state index in [1.165, 1.54) is 25.7 Å². The number of rotatable bonds is 8. The Morgan fingerprint density at radius 1 is 1.17 bits per heavy atom. The van der Waals surface area contributed by atoms with Crippen molar-refractivity contribution in [2.24, 2.45) is 0 Å². The van der Waals surface area contributed by atoms with Crippen LogP contribution < -0.4 is 0 Å². The molecular weight excluding hydrogens is 168 g/mol. The van der Waals surface area contributed by atoms with Gasteiger partial charge in [0, 0.05) is 6.61 Å². The van der Waals surface area contributed by atoms with Gasteiger partial charge in [-0.25, -0.2) is 0 Å². The van der Waals surface area contributed by atoms with Gasteiger partial charge in [0.25, 0.3) is 0 Å². The highest BCUT2D eigenvalue weighted by atomic mass is 32.1. The molecule has 0 radical (unpaired) electrons. The van der Waals surface area contributed by atoms with Crippen LogP contribution in [-0.4, -0.2) is 18.5 Å². The Bertz CT molecular complexity index is 79.9. The fourth-order valence-electron chi connectivity index (χ4n) is 1.27. The van der Waals surface area contributed by atoms with Gasteiger partial charge in [-0.05, 0) is 25.0 Å². The first-order valence-corrected chi connectivity index (χ1v) is 5.70. The molecule has 0 N–H and O–H groups in total. The maximum atomic E-state index is 5.71. The first-order valence-electron chi connectivity index (χ1n) is 5.07. The van der Waals surface area contributed by atoms with Gasteiger partial charge in [-0.15, -0.1) is 0 Å². The molecule has 0 aromatic heterocycles. The van der Waals surface area contributed by atoms with E-state index in [-0.39, 0.29) is 0 Å². The van der Waals surface area contributed by atoms with Gasteiger partial charge in [0.2, 0.25) is 0 Å². The molecule has 1 nitrogen and oxygen atoms in total. The van der Waals surface area contributed by atoms with E-state index in [9.17, 15) is 0 Å². The van der Waals surface area contributed by atoms with E-state index < -0.39 is 0 Å². The summed E-state index contributed by atoms with van der Waals surface area (Å²) in [4.78, 5) is 0. The normalized spacial score (nSPS) is 11.0. The average molecular weight is 190 g/mol. The lowest BCUT2D eigenvalue weighted by molar-refractivity contribution is 0.0416. The van der Waals surface area contributed by atoms with E-state index in [2.05, 4.69) is 26.5 Å². The summed E-state index contributed by atoms with van der Waals surface area (Å²) in [5.74, 6) is 0.935. The van der Waals surface area contributed by atoms with Crippen molar-refractivity contribution in [2.45, 2.75) is 52.1 Å². The summed E-state index contributed by atoms with van der Waals surface area (Å²) in [6.07, 6.45) is 6.45. The van der Waals surface area contributed by atoms with E-state index in [0.29, 0.717) is 6.10 Å². The van der Waals surface area contributed by atoms with Gasteiger partial charge < -0.3 is 4.74 Å². The zero-order chi connectivity index (χ0) is 9.23. The predicted octanol–water partition coefficient (Wildman–Crippen LogP) is 3.29. The third-order valence-electron chi connectivity index (χ3n) is 1.88. The first kappa shape index (κ1) is 12.3. The Labute approximate surface area is 82.3 Å². The Morgan fingerprint density at radius 3 is 2.17 bits per heavy atom. The van der Waals surface area contributed by atoms with Crippen molar-refractivity contribution in [2.75, 3.05) is 12.4 Å². The first-order chi connectivity index (χ1) is 5.85. The minimum Gasteiger partial charge on any atom is -0.378 e. The Hall–Kier alpha value is 0.310. The van der Waals surface area contributed by atoms with Crippen LogP contribution in [0.5, 0.6) is 0 Å². The highest BCUT2D eigenvalue weighted by Gasteiger charge is 2.05. The topological polar surface area (TPSA) is 9.23 Å². The van der Waals surface area contributed by atoms with Crippen LogP contribution in [0.2, 0.25) is 0 Å². The second-order valence-corrected chi connectivity index (χ2v) is 3.59. The average Bonchev–Trinajstić information content (AvgIpc) is 2.06. The molecule has 0 aromatic rings. The highest BCUT2D eigenvalue weighted by molar-refractivity contribution is 7.80. The Balaban J connectivity index is 3.34. The van der Waals surface area contributed by atoms with Crippen molar-refractivity contribution < 1.29 is 4.74 Å². The van der Waals surface area contributed by atoms with Crippen LogP contribution in [-0.2, 0) is 4.74 Å². The van der Waals surface area contributed by atoms with Crippen molar-refractivity contribution in [3.63, 3.8) is 0 Å². The summed E-state index contributed by atoms with van der Waals surface area (Å²) in [6, 6.07) is 0. The summed E-state index contributed by atoms with van der Waals surface area (Å²) in [5, 5.41) is 0. The standard InChI is InChI=1S/C10H22OS/c1-3-6-10(7-4-2)11-8-5-9-12/h10,12H,3-9H2,1-2H3. The van der Waals surface area contributed by atoms with Gasteiger partial charge in [-0.2, -0.15) is 12.6 Å². The number of ether oxygens (including phenoxy) is 1. The Kier molecular flexibility index (Phi) is 9.64. The van der Waals surface area contributed by atoms with Gasteiger partial charge in [0.05, 0.1) is 6.10 Å². The molecule has 0 bridgehead atoms. The molecule has 0 amide bonds. The fourth-order valence-corrected chi connectivity index (χ4v) is 1.40. The molecule has 0 aliphatic heterocycles. The Morgan fingerprint density at radius 2 is 1.75 bits per heavy atom. The van der Waals surface area contributed by atoms with E-state index in [0.717, 1.165) is 18.8 Å². The number of hydrogen-bond donors (Lipinski definition) is 1. The van der Waals surface area contributed by atoms with E-state index in [1.807, 2.05) is 0 Å². The van der Waals surface area contributed by atoms with E-state index in [1.54, 1.807) is 0 Å². The molecule has 0 aliphatic rings. The van der Waals surface area contributed by atoms with Gasteiger partial charge in [-0.1, -0.05) is 26.7 Å². The third kappa shape index (κ3) is 6.99. The minimum atomic E-state index is 0.500. The van der Waals surface area contributed by atoms with Crippen LogP contribution in [0.25, 0.3) is 0 Å². The van der Waals surface area contributed by atoms with Crippen LogP contribution in [0.1, 0.15) is 46.0 Å². The lowest BCUT2D eigenvalue weighted by Crippen LogP contribution is -2.13. The second kappa shape index (κ2) is 9.40. The molecule has 0 fully saturated rings. The molecule has 0 rings (SSSR count). The summed E-state index contributed by atoms with van der Waals surface area (Å²) in [7, 11) is 0. The largest absolute Gasteiger partial charge is 0.378 e. The van der Waals surface area contributed by atoms with Crippen molar-refractivity contribution in [1.82, 2.24) is 0 Å². The molecule has 0 saturated heterocycles. The quantitative estimate of drug-likeness (QED) is 0.456. The maximum Gasteiger partial charge on any atom is 0.0575 e. The summed E-state index contributed by atoms with van der Waals surface area (Å²) >= 11 is 4.15. The van der Waals surface area contributed by atoms with Gasteiger partial charge in [0.15, 0.2) is 0 Å². The minimum absolute atomic E-state index is 0.500. The molecule has 0 heterocycles. The van der Waals surface area contributed by atoms with Crippen molar-refractivity contribution in [3.05, 3.63) is 0 Å². The third-order valence-corrected chi connectivity index (χ3v) is 2.19. The lowest BCUT2D eigenvalue weighted by atomic mass is 10.1. The SMILES string of the molecule is CCCC(CCC)OCCCS. The lowest BCUT2D eigenvalue weighted by Gasteiger charge is -2.15. The van der Waals surface area contributed by atoms with Crippen LogP contribution in [0.4, 0.5) is 0 Å². The van der Waals surface area contributed by atoms with Crippen molar-refractivity contribution in [1.29, 1.82) is 0 Å². The van der Waals surface area contributed by atoms with Gasteiger partial charge in [-0.3, -0.25) is 0 Å². The molecular formula is C10H22OS. The summed E-state index contributed by atoms with van der Waals surface area (Å²) < 4.78 is 5.71. The van der Waals surface area contributed by atoms with Crippen LogP contribution in [0.15, 0.2) is 0 Å². The molecule has 0 unspecified atom stereocenters. The van der Waals surface area contributed by atoms with E-state index in [4.69, 9.17) is 4.74 Å². The smallest absolute Gasteiger partial charge is 0.0575 e. The molecule has 2 heteroatoms. The van der Waals surface area contributed by atoms with E-state index >= 15 is 0 Å². The molecule has 0 aromatic carbocycles. The summed E-state index contributed by atoms with van der Waals surface area (Å²) in [5.41, 5.74) is 0. The highest BCUT2D eigenvalue weighted by Crippen LogP contribution is 2.09. The molecule has 0 spiro atoms. The van der Waals surface area contributed by atoms with Crippen molar-refractivity contribution in [3.8, 4) is 0 Å². The second-order valence-electron chi connectivity index (χ2n) is 3.15. The molecule has 0 atom stereocenters. The van der Waals surface area contributed by atoms with Gasteiger partial charge in [0.1, 0.15) is 0 Å². The summed E-state index contributed by atoms with van der Waals surface area (Å²) in [6.45, 7) is 5.31. The monoisotopic (exact) mass is 190 g/mol. The van der Waals surface area contributed by atoms with Crippen molar-refractivity contribution >= 4 is 12.6 Å². The zero-order valence-corrected chi connectivity index (χ0v) is 9.28. The number of thiol groups is 1. The van der Waals surface area contributed by atoms with Crippen LogP contribution in [0.3, 0.4) is 0 Å². The van der Waals surface area contributed by atoms with Gasteiger partial charge >= 0.3 is 0 Å². The zero-order valence-electron chi connectivity index (χ0n) is 8.38. The molecule has 0 saturated carbocycles. The maximum absolute atomic E-state index is 5.71. The predicted molar refractivity (Wildman–Crippen MR) is 58.0 cm³/mol. The molecule has 12 heavy (non-hydrogen) atoms.